The quantitative estimate of drug-likeness (QED) is 0.858. The lowest BCUT2D eigenvalue weighted by Gasteiger charge is -2.32. The van der Waals surface area contributed by atoms with E-state index < -0.39 is 0 Å². The summed E-state index contributed by atoms with van der Waals surface area (Å²) in [6.45, 7) is 4.47. The normalized spacial score (nSPS) is 14.1. The topological polar surface area (TPSA) is 20.2 Å². The van der Waals surface area contributed by atoms with E-state index in [0.717, 1.165) is 12.8 Å². The Balaban J connectivity index is 2.38. The number of rotatable bonds is 5. The van der Waals surface area contributed by atoms with Gasteiger partial charge in [-0.2, -0.15) is 0 Å². The van der Waals surface area contributed by atoms with Gasteiger partial charge < -0.3 is 5.11 Å². The third-order valence-electron chi connectivity index (χ3n) is 4.16. The van der Waals surface area contributed by atoms with Gasteiger partial charge in [0.05, 0.1) is 6.61 Å². The van der Waals surface area contributed by atoms with E-state index in [1.807, 2.05) is 18.2 Å². The first-order valence-corrected chi connectivity index (χ1v) is 6.93. The third-order valence-corrected chi connectivity index (χ3v) is 4.16. The van der Waals surface area contributed by atoms with Crippen LogP contribution in [0, 0.1) is 6.92 Å². The molecule has 1 N–H and O–H groups in total. The zero-order valence-corrected chi connectivity index (χ0v) is 11.8. The Morgan fingerprint density at radius 3 is 2.16 bits per heavy atom. The molecule has 1 nitrogen and oxygen atoms in total. The number of aliphatic hydroxyl groups is 1. The largest absolute Gasteiger partial charge is 0.395 e. The highest BCUT2D eigenvalue weighted by Crippen LogP contribution is 2.32. The number of benzene rings is 2. The van der Waals surface area contributed by atoms with Crippen molar-refractivity contribution in [3.05, 3.63) is 71.3 Å². The molecule has 0 aliphatic rings. The van der Waals surface area contributed by atoms with Crippen molar-refractivity contribution in [2.24, 2.45) is 0 Å². The number of aryl methyl sites for hydroxylation is 1. The van der Waals surface area contributed by atoms with E-state index in [1.165, 1.54) is 16.7 Å². The SMILES string of the molecule is CCC(CO)(Cc1ccccc1C)c1ccccc1. The Kier molecular flexibility index (Phi) is 4.39. The van der Waals surface area contributed by atoms with Crippen molar-refractivity contribution in [2.45, 2.75) is 32.1 Å². The van der Waals surface area contributed by atoms with Gasteiger partial charge in [0.2, 0.25) is 0 Å². The number of aliphatic hydroxyl groups excluding tert-OH is 1. The van der Waals surface area contributed by atoms with E-state index in [9.17, 15) is 5.11 Å². The monoisotopic (exact) mass is 254 g/mol. The van der Waals surface area contributed by atoms with Crippen LogP contribution < -0.4 is 0 Å². The summed E-state index contributed by atoms with van der Waals surface area (Å²) < 4.78 is 0. The van der Waals surface area contributed by atoms with Gasteiger partial charge in [-0.05, 0) is 36.5 Å². The molecule has 0 aliphatic carbocycles. The minimum absolute atomic E-state index is 0.173. The molecule has 1 atom stereocenters. The molecule has 0 aliphatic heterocycles. The number of hydrogen-bond acceptors (Lipinski definition) is 1. The lowest BCUT2D eigenvalue weighted by atomic mass is 9.73. The van der Waals surface area contributed by atoms with Crippen LogP contribution in [0.5, 0.6) is 0 Å². The van der Waals surface area contributed by atoms with Crippen LogP contribution in [0.25, 0.3) is 0 Å². The Morgan fingerprint density at radius 2 is 1.58 bits per heavy atom. The Hall–Kier alpha value is -1.60. The molecule has 19 heavy (non-hydrogen) atoms. The Labute approximate surface area is 115 Å². The van der Waals surface area contributed by atoms with Crippen LogP contribution in [0.2, 0.25) is 0 Å². The van der Waals surface area contributed by atoms with E-state index in [-0.39, 0.29) is 12.0 Å². The molecule has 1 unspecified atom stereocenters. The standard InChI is InChI=1S/C18H22O/c1-3-18(14-19,17-11-5-4-6-12-17)13-16-10-8-7-9-15(16)2/h4-12,19H,3,13-14H2,1-2H3. The zero-order chi connectivity index (χ0) is 13.7. The highest BCUT2D eigenvalue weighted by molar-refractivity contribution is 5.33. The first kappa shape index (κ1) is 13.8. The van der Waals surface area contributed by atoms with Crippen LogP contribution >= 0.6 is 0 Å². The summed E-state index contributed by atoms with van der Waals surface area (Å²) in [4.78, 5) is 0. The zero-order valence-electron chi connectivity index (χ0n) is 11.8. The molecule has 0 bridgehead atoms. The Bertz CT molecular complexity index is 512. The number of hydrogen-bond donors (Lipinski definition) is 1. The summed E-state index contributed by atoms with van der Waals surface area (Å²) in [7, 11) is 0. The van der Waals surface area contributed by atoms with Crippen LogP contribution in [0.15, 0.2) is 54.6 Å². The fourth-order valence-corrected chi connectivity index (χ4v) is 2.65. The lowest BCUT2D eigenvalue weighted by molar-refractivity contribution is 0.186. The summed E-state index contributed by atoms with van der Waals surface area (Å²) in [5, 5.41) is 9.98. The summed E-state index contributed by atoms with van der Waals surface area (Å²) in [5.74, 6) is 0. The molecule has 0 aromatic heterocycles. The van der Waals surface area contributed by atoms with Gasteiger partial charge in [-0.25, -0.2) is 0 Å². The van der Waals surface area contributed by atoms with Crippen molar-refractivity contribution in [1.82, 2.24) is 0 Å². The summed E-state index contributed by atoms with van der Waals surface area (Å²) in [6.07, 6.45) is 1.82. The van der Waals surface area contributed by atoms with E-state index >= 15 is 0 Å². The van der Waals surface area contributed by atoms with Crippen molar-refractivity contribution >= 4 is 0 Å². The molecular weight excluding hydrogens is 232 g/mol. The molecule has 2 rings (SSSR count). The predicted molar refractivity (Wildman–Crippen MR) is 80.4 cm³/mol. The molecule has 1 heteroatoms. The molecule has 0 spiro atoms. The summed E-state index contributed by atoms with van der Waals surface area (Å²) >= 11 is 0. The fraction of sp³-hybridized carbons (Fsp3) is 0.333. The minimum Gasteiger partial charge on any atom is -0.395 e. The molecule has 2 aromatic carbocycles. The average Bonchev–Trinajstić information content (AvgIpc) is 2.48. The van der Waals surface area contributed by atoms with Crippen molar-refractivity contribution in [2.75, 3.05) is 6.61 Å². The van der Waals surface area contributed by atoms with Crippen LogP contribution in [-0.2, 0) is 11.8 Å². The minimum atomic E-state index is -0.173. The molecule has 0 amide bonds. The maximum Gasteiger partial charge on any atom is 0.0531 e. The van der Waals surface area contributed by atoms with Crippen LogP contribution in [-0.4, -0.2) is 11.7 Å². The van der Waals surface area contributed by atoms with Crippen molar-refractivity contribution in [1.29, 1.82) is 0 Å². The van der Waals surface area contributed by atoms with Crippen LogP contribution in [0.4, 0.5) is 0 Å². The van der Waals surface area contributed by atoms with E-state index in [0.29, 0.717) is 0 Å². The van der Waals surface area contributed by atoms with Gasteiger partial charge in [0.25, 0.3) is 0 Å². The summed E-state index contributed by atoms with van der Waals surface area (Å²) in [5.41, 5.74) is 3.67. The first-order chi connectivity index (χ1) is 9.22. The van der Waals surface area contributed by atoms with Crippen molar-refractivity contribution in [3.63, 3.8) is 0 Å². The van der Waals surface area contributed by atoms with Gasteiger partial charge in [0.15, 0.2) is 0 Å². The highest BCUT2D eigenvalue weighted by Gasteiger charge is 2.30. The smallest absolute Gasteiger partial charge is 0.0531 e. The second-order valence-electron chi connectivity index (χ2n) is 5.26. The molecule has 0 fully saturated rings. The Morgan fingerprint density at radius 1 is 0.947 bits per heavy atom. The maximum absolute atomic E-state index is 9.98. The predicted octanol–water partition coefficient (Wildman–Crippen LogP) is 3.88. The highest BCUT2D eigenvalue weighted by atomic mass is 16.3. The third kappa shape index (κ3) is 2.87. The van der Waals surface area contributed by atoms with Gasteiger partial charge in [-0.1, -0.05) is 61.5 Å². The van der Waals surface area contributed by atoms with Crippen LogP contribution in [0.3, 0.4) is 0 Å². The molecule has 0 heterocycles. The molecular formula is C18H22O. The van der Waals surface area contributed by atoms with E-state index in [4.69, 9.17) is 0 Å². The van der Waals surface area contributed by atoms with Gasteiger partial charge in [0, 0.05) is 5.41 Å². The van der Waals surface area contributed by atoms with Crippen molar-refractivity contribution in [3.8, 4) is 0 Å². The van der Waals surface area contributed by atoms with Crippen LogP contribution in [0.1, 0.15) is 30.0 Å². The molecule has 0 saturated heterocycles. The first-order valence-electron chi connectivity index (χ1n) is 6.93. The average molecular weight is 254 g/mol. The molecule has 2 aromatic rings. The lowest BCUT2D eigenvalue weighted by Crippen LogP contribution is -2.32. The molecule has 100 valence electrons. The van der Waals surface area contributed by atoms with Gasteiger partial charge in [-0.3, -0.25) is 0 Å². The fourth-order valence-electron chi connectivity index (χ4n) is 2.65. The second kappa shape index (κ2) is 6.03. The van der Waals surface area contributed by atoms with E-state index in [1.54, 1.807) is 0 Å². The van der Waals surface area contributed by atoms with E-state index in [2.05, 4.69) is 50.2 Å². The molecule has 0 saturated carbocycles. The summed E-state index contributed by atoms with van der Waals surface area (Å²) in [6, 6.07) is 18.8. The van der Waals surface area contributed by atoms with Crippen molar-refractivity contribution < 1.29 is 5.11 Å². The van der Waals surface area contributed by atoms with Gasteiger partial charge in [0.1, 0.15) is 0 Å². The van der Waals surface area contributed by atoms with Gasteiger partial charge in [-0.15, -0.1) is 0 Å². The maximum atomic E-state index is 9.98. The second-order valence-corrected chi connectivity index (χ2v) is 5.26. The molecule has 0 radical (unpaired) electrons. The van der Waals surface area contributed by atoms with Gasteiger partial charge >= 0.3 is 0 Å².